The molecule has 0 spiro atoms. The molecule has 1 atom stereocenters. The van der Waals surface area contributed by atoms with E-state index in [1.54, 1.807) is 0 Å². The van der Waals surface area contributed by atoms with Crippen LogP contribution in [0.5, 0.6) is 0 Å². The van der Waals surface area contributed by atoms with Crippen LogP contribution < -0.4 is 0 Å². The lowest BCUT2D eigenvalue weighted by Gasteiger charge is -2.33. The van der Waals surface area contributed by atoms with Crippen molar-refractivity contribution in [3.8, 4) is 0 Å². The summed E-state index contributed by atoms with van der Waals surface area (Å²) in [5.74, 6) is 0. The summed E-state index contributed by atoms with van der Waals surface area (Å²) in [7, 11) is 0. The van der Waals surface area contributed by atoms with Crippen molar-refractivity contribution in [3.05, 3.63) is 0 Å². The number of hydrogen-bond acceptors (Lipinski definition) is 4. The summed E-state index contributed by atoms with van der Waals surface area (Å²) < 4.78 is 22.7. The van der Waals surface area contributed by atoms with Crippen LogP contribution in [-0.2, 0) is 18.9 Å². The van der Waals surface area contributed by atoms with Gasteiger partial charge in [0.15, 0.2) is 0 Å². The predicted octanol–water partition coefficient (Wildman–Crippen LogP) is 5.25. The molecule has 0 bridgehead atoms. The van der Waals surface area contributed by atoms with Crippen LogP contribution in [0.3, 0.4) is 0 Å². The Morgan fingerprint density at radius 1 is 0.682 bits per heavy atom. The topological polar surface area (TPSA) is 36.9 Å². The fraction of sp³-hybridized carbons (Fsp3) is 1.00. The molecule has 4 nitrogen and oxygen atoms in total. The maximum absolute atomic E-state index is 5.94. The molecule has 0 aromatic carbocycles. The average Bonchev–Trinajstić information content (AvgIpc) is 2.47. The van der Waals surface area contributed by atoms with Gasteiger partial charge in [0, 0.05) is 0 Å². The second-order valence-corrected chi connectivity index (χ2v) is 5.64. The lowest BCUT2D eigenvalue weighted by molar-refractivity contribution is -0.505. The van der Waals surface area contributed by atoms with E-state index >= 15 is 0 Å². The number of hydrogen-bond donors (Lipinski definition) is 0. The van der Waals surface area contributed by atoms with Crippen molar-refractivity contribution >= 4 is 0 Å². The van der Waals surface area contributed by atoms with Gasteiger partial charge in [-0.3, -0.25) is 0 Å². The second kappa shape index (κ2) is 14.4. The zero-order chi connectivity index (χ0) is 16.7. The van der Waals surface area contributed by atoms with Gasteiger partial charge < -0.3 is 18.9 Å². The molecule has 0 aromatic heterocycles. The summed E-state index contributed by atoms with van der Waals surface area (Å²) >= 11 is 0. The monoisotopic (exact) mass is 318 g/mol. The minimum atomic E-state index is -1.33. The molecule has 0 aliphatic heterocycles. The molecule has 0 fully saturated rings. The summed E-state index contributed by atoms with van der Waals surface area (Å²) in [4.78, 5) is 0. The highest BCUT2D eigenvalue weighted by Gasteiger charge is 2.36. The van der Waals surface area contributed by atoms with Crippen molar-refractivity contribution in [2.45, 2.75) is 98.2 Å². The first-order valence-electron chi connectivity index (χ1n) is 9.23. The quantitative estimate of drug-likeness (QED) is 0.287. The van der Waals surface area contributed by atoms with E-state index < -0.39 is 6.16 Å². The van der Waals surface area contributed by atoms with Crippen molar-refractivity contribution in [1.29, 1.82) is 0 Å². The lowest BCUT2D eigenvalue weighted by Crippen LogP contribution is -2.44. The third-order valence-corrected chi connectivity index (χ3v) is 3.52. The first-order chi connectivity index (χ1) is 10.6. The Bertz CT molecular complexity index is 216. The highest BCUT2D eigenvalue weighted by molar-refractivity contribution is 4.55. The van der Waals surface area contributed by atoms with Gasteiger partial charge in [-0.2, -0.15) is 0 Å². The van der Waals surface area contributed by atoms with Crippen LogP contribution >= 0.6 is 0 Å². The van der Waals surface area contributed by atoms with E-state index in [1.165, 1.54) is 44.9 Å². The fourth-order valence-electron chi connectivity index (χ4n) is 2.45. The molecule has 0 saturated carbocycles. The maximum Gasteiger partial charge on any atom is 0.412 e. The van der Waals surface area contributed by atoms with Gasteiger partial charge >= 0.3 is 6.16 Å². The highest BCUT2D eigenvalue weighted by atomic mass is 17.0. The van der Waals surface area contributed by atoms with E-state index in [2.05, 4.69) is 13.8 Å². The molecular weight excluding hydrogens is 280 g/mol. The summed E-state index contributed by atoms with van der Waals surface area (Å²) in [6.45, 7) is 11.5. The molecule has 0 radical (unpaired) electrons. The van der Waals surface area contributed by atoms with Gasteiger partial charge in [-0.1, -0.05) is 51.9 Å². The van der Waals surface area contributed by atoms with Crippen molar-refractivity contribution in [3.63, 3.8) is 0 Å². The zero-order valence-corrected chi connectivity index (χ0v) is 15.5. The molecule has 134 valence electrons. The third-order valence-electron chi connectivity index (χ3n) is 3.52. The van der Waals surface area contributed by atoms with E-state index in [0.29, 0.717) is 19.8 Å². The molecule has 0 amide bonds. The second-order valence-electron chi connectivity index (χ2n) is 5.64. The lowest BCUT2D eigenvalue weighted by atomic mass is 10.1. The predicted molar refractivity (Wildman–Crippen MR) is 90.8 cm³/mol. The third kappa shape index (κ3) is 10.5. The van der Waals surface area contributed by atoms with Crippen LogP contribution in [0.15, 0.2) is 0 Å². The van der Waals surface area contributed by atoms with E-state index in [0.717, 1.165) is 6.42 Å². The van der Waals surface area contributed by atoms with Crippen LogP contribution in [-0.4, -0.2) is 32.1 Å². The van der Waals surface area contributed by atoms with Gasteiger partial charge in [-0.15, -0.1) is 0 Å². The standard InChI is InChI=1S/C18H38O4/c1-6-10-11-12-13-14-15-16-17(5)22-18(19-7-2,20-8-3)21-9-4/h17H,6-16H2,1-5H3. The normalized spacial score (nSPS) is 13.5. The maximum atomic E-state index is 5.94. The molecule has 0 aliphatic rings. The molecule has 0 rings (SSSR count). The molecule has 0 saturated heterocycles. The van der Waals surface area contributed by atoms with Gasteiger partial charge in [0.1, 0.15) is 0 Å². The molecule has 0 aliphatic carbocycles. The minimum Gasteiger partial charge on any atom is -0.304 e. The largest absolute Gasteiger partial charge is 0.412 e. The van der Waals surface area contributed by atoms with Crippen LogP contribution in [0.25, 0.3) is 0 Å². The summed E-state index contributed by atoms with van der Waals surface area (Å²) in [6, 6.07) is 0. The first kappa shape index (κ1) is 21.8. The van der Waals surface area contributed by atoms with E-state index in [-0.39, 0.29) is 6.10 Å². The molecule has 22 heavy (non-hydrogen) atoms. The van der Waals surface area contributed by atoms with Crippen molar-refractivity contribution in [2.24, 2.45) is 0 Å². The minimum absolute atomic E-state index is 0.0558. The Morgan fingerprint density at radius 2 is 1.14 bits per heavy atom. The van der Waals surface area contributed by atoms with Crippen LogP contribution in [0, 0.1) is 0 Å². The molecule has 4 heteroatoms. The smallest absolute Gasteiger partial charge is 0.304 e. The first-order valence-corrected chi connectivity index (χ1v) is 9.23. The molecule has 0 heterocycles. The van der Waals surface area contributed by atoms with E-state index in [4.69, 9.17) is 18.9 Å². The van der Waals surface area contributed by atoms with Gasteiger partial charge in [0.05, 0.1) is 25.9 Å². The van der Waals surface area contributed by atoms with Gasteiger partial charge in [-0.05, 0) is 34.1 Å². The van der Waals surface area contributed by atoms with Crippen LogP contribution in [0.2, 0.25) is 0 Å². The Balaban J connectivity index is 4.02. The van der Waals surface area contributed by atoms with Gasteiger partial charge in [-0.25, -0.2) is 0 Å². The molecule has 1 unspecified atom stereocenters. The SMILES string of the molecule is CCCCCCCCCC(C)OC(OCC)(OCC)OCC. The van der Waals surface area contributed by atoms with E-state index in [9.17, 15) is 0 Å². The summed E-state index contributed by atoms with van der Waals surface area (Å²) in [5.41, 5.74) is 0. The fourth-order valence-corrected chi connectivity index (χ4v) is 2.45. The number of unbranched alkanes of at least 4 members (excludes halogenated alkanes) is 6. The molecular formula is C18H38O4. The number of ether oxygens (including phenoxy) is 4. The van der Waals surface area contributed by atoms with Crippen molar-refractivity contribution in [1.82, 2.24) is 0 Å². The molecule has 0 N–H and O–H groups in total. The zero-order valence-electron chi connectivity index (χ0n) is 15.5. The van der Waals surface area contributed by atoms with Crippen LogP contribution in [0.1, 0.15) is 86.0 Å². The van der Waals surface area contributed by atoms with Crippen molar-refractivity contribution < 1.29 is 18.9 Å². The Labute approximate surface area is 137 Å². The average molecular weight is 318 g/mol. The summed E-state index contributed by atoms with van der Waals surface area (Å²) in [6.07, 6.45) is 8.87. The highest BCUT2D eigenvalue weighted by Crippen LogP contribution is 2.22. The van der Waals surface area contributed by atoms with Gasteiger partial charge in [0.2, 0.25) is 0 Å². The van der Waals surface area contributed by atoms with Crippen LogP contribution in [0.4, 0.5) is 0 Å². The molecule has 0 aromatic rings. The van der Waals surface area contributed by atoms with E-state index in [1.807, 2.05) is 20.8 Å². The van der Waals surface area contributed by atoms with Crippen molar-refractivity contribution in [2.75, 3.05) is 19.8 Å². The summed E-state index contributed by atoms with van der Waals surface area (Å²) in [5, 5.41) is 0. The Morgan fingerprint density at radius 3 is 1.59 bits per heavy atom. The number of rotatable bonds is 16. The Kier molecular flexibility index (Phi) is 14.3. The van der Waals surface area contributed by atoms with Gasteiger partial charge in [0.25, 0.3) is 0 Å². The Hall–Kier alpha value is -0.160.